The zero-order valence-electron chi connectivity index (χ0n) is 13.5. The molecule has 0 atom stereocenters. The summed E-state index contributed by atoms with van der Waals surface area (Å²) in [7, 11) is 1.54. The minimum Gasteiger partial charge on any atom is -0.433 e. The van der Waals surface area contributed by atoms with Crippen LogP contribution in [0, 0.1) is 4.77 Å². The molecule has 0 aliphatic heterocycles. The molecule has 0 unspecified atom stereocenters. The number of benzene rings is 2. The van der Waals surface area contributed by atoms with Gasteiger partial charge < -0.3 is 15.0 Å². The van der Waals surface area contributed by atoms with E-state index in [0.717, 1.165) is 0 Å². The minimum absolute atomic E-state index is 0.106. The summed E-state index contributed by atoms with van der Waals surface area (Å²) in [6, 6.07) is 10.3. The van der Waals surface area contributed by atoms with Crippen molar-refractivity contribution < 1.29 is 18.3 Å². The van der Waals surface area contributed by atoms with Gasteiger partial charge in [-0.15, -0.1) is 0 Å². The number of aromatic nitrogens is 2. The number of aromatic amines is 1. The van der Waals surface area contributed by atoms with Crippen LogP contribution in [0.3, 0.4) is 0 Å². The van der Waals surface area contributed by atoms with E-state index >= 15 is 0 Å². The lowest BCUT2D eigenvalue weighted by molar-refractivity contribution is -0.0493. The fraction of sp³-hybridized carbons (Fsp3) is 0.118. The van der Waals surface area contributed by atoms with E-state index < -0.39 is 12.5 Å². The van der Waals surface area contributed by atoms with Gasteiger partial charge in [-0.1, -0.05) is 12.1 Å². The highest BCUT2D eigenvalue weighted by atomic mass is 32.1. The predicted molar refractivity (Wildman–Crippen MR) is 95.4 cm³/mol. The molecule has 0 aliphatic rings. The first-order valence-corrected chi connectivity index (χ1v) is 7.86. The summed E-state index contributed by atoms with van der Waals surface area (Å²) in [5.41, 5.74) is 0.451. The fourth-order valence-electron chi connectivity index (χ4n) is 2.41. The van der Waals surface area contributed by atoms with Crippen LogP contribution in [0.4, 0.5) is 14.5 Å². The second kappa shape index (κ2) is 7.04. The second-order valence-electron chi connectivity index (χ2n) is 5.38. The molecule has 0 aliphatic carbocycles. The molecule has 6 nitrogen and oxygen atoms in total. The van der Waals surface area contributed by atoms with E-state index in [9.17, 15) is 18.4 Å². The van der Waals surface area contributed by atoms with Gasteiger partial charge in [0, 0.05) is 12.6 Å². The van der Waals surface area contributed by atoms with Crippen molar-refractivity contribution in [1.29, 1.82) is 0 Å². The third-order valence-corrected chi connectivity index (χ3v) is 4.09. The van der Waals surface area contributed by atoms with Gasteiger partial charge in [0.1, 0.15) is 5.75 Å². The molecule has 3 aromatic rings. The number of hydrogen-bond acceptors (Lipinski definition) is 4. The van der Waals surface area contributed by atoms with Gasteiger partial charge in [0.25, 0.3) is 11.5 Å². The van der Waals surface area contributed by atoms with E-state index in [4.69, 9.17) is 12.2 Å². The zero-order chi connectivity index (χ0) is 18.8. The van der Waals surface area contributed by atoms with Crippen molar-refractivity contribution in [2.75, 3.05) is 5.32 Å². The Morgan fingerprint density at radius 1 is 1.27 bits per heavy atom. The van der Waals surface area contributed by atoms with Crippen molar-refractivity contribution in [3.63, 3.8) is 0 Å². The number of ether oxygens (including phenoxy) is 1. The van der Waals surface area contributed by atoms with Crippen molar-refractivity contribution in [1.82, 2.24) is 9.55 Å². The molecule has 0 fully saturated rings. The molecule has 0 radical (unpaired) electrons. The number of H-pyrrole nitrogens is 1. The monoisotopic (exact) mass is 377 g/mol. The van der Waals surface area contributed by atoms with Crippen LogP contribution in [-0.2, 0) is 7.05 Å². The fourth-order valence-corrected chi connectivity index (χ4v) is 2.60. The first kappa shape index (κ1) is 17.7. The molecule has 1 heterocycles. The van der Waals surface area contributed by atoms with Gasteiger partial charge >= 0.3 is 6.61 Å². The average Bonchev–Trinajstić information content (AvgIpc) is 2.60. The van der Waals surface area contributed by atoms with Crippen molar-refractivity contribution in [3.05, 3.63) is 63.2 Å². The van der Waals surface area contributed by atoms with Crippen LogP contribution in [0.5, 0.6) is 5.75 Å². The number of hydrogen-bond donors (Lipinski definition) is 2. The molecule has 0 saturated heterocycles. The highest BCUT2D eigenvalue weighted by Gasteiger charge is 2.14. The van der Waals surface area contributed by atoms with Crippen LogP contribution < -0.4 is 15.6 Å². The number of rotatable bonds is 4. The Labute approximate surface area is 151 Å². The van der Waals surface area contributed by atoms with Gasteiger partial charge in [-0.3, -0.25) is 14.2 Å². The molecule has 1 amide bonds. The van der Waals surface area contributed by atoms with E-state index in [1.807, 2.05) is 0 Å². The van der Waals surface area contributed by atoms with Crippen molar-refractivity contribution in [3.8, 4) is 5.75 Å². The van der Waals surface area contributed by atoms with Crippen LogP contribution in [-0.4, -0.2) is 22.1 Å². The Bertz CT molecular complexity index is 1110. The quantitative estimate of drug-likeness (QED) is 0.683. The van der Waals surface area contributed by atoms with Gasteiger partial charge in [0.05, 0.1) is 16.6 Å². The lowest BCUT2D eigenvalue weighted by atomic mass is 10.1. The Morgan fingerprint density at radius 2 is 2.00 bits per heavy atom. The average molecular weight is 377 g/mol. The number of para-hydroxylation sites is 2. The number of alkyl halides is 2. The number of anilines is 1. The van der Waals surface area contributed by atoms with Crippen LogP contribution in [0.2, 0.25) is 0 Å². The number of nitrogens with one attached hydrogen (secondary N) is 2. The number of carbonyl (C=O) groups is 1. The lowest BCUT2D eigenvalue weighted by Crippen LogP contribution is -2.19. The number of halogens is 2. The topological polar surface area (TPSA) is 76.1 Å². The summed E-state index contributed by atoms with van der Waals surface area (Å²) in [5, 5.41) is 2.89. The van der Waals surface area contributed by atoms with Crippen LogP contribution in [0.1, 0.15) is 10.4 Å². The molecule has 2 aromatic carbocycles. The third kappa shape index (κ3) is 3.47. The molecule has 1 aromatic heterocycles. The van der Waals surface area contributed by atoms with E-state index in [-0.39, 0.29) is 27.3 Å². The van der Waals surface area contributed by atoms with Gasteiger partial charge in [-0.25, -0.2) is 0 Å². The molecule has 9 heteroatoms. The normalized spacial score (nSPS) is 10.9. The SMILES string of the molecule is Cn1c(=S)[nH]c2cc(C(=O)Nc3ccccc3OC(F)F)ccc2c1=O. The second-order valence-corrected chi connectivity index (χ2v) is 5.77. The van der Waals surface area contributed by atoms with Crippen LogP contribution in [0.15, 0.2) is 47.3 Å². The van der Waals surface area contributed by atoms with E-state index in [0.29, 0.717) is 10.9 Å². The summed E-state index contributed by atoms with van der Waals surface area (Å²) >= 11 is 5.06. The highest BCUT2D eigenvalue weighted by Crippen LogP contribution is 2.26. The standard InChI is InChI=1S/C17H13F2N3O3S/c1-22-15(24)10-7-6-9(8-12(10)21-17(22)26)14(23)20-11-4-2-3-5-13(11)25-16(18)19/h2-8,16H,1H3,(H,20,23)(H,21,26). The third-order valence-electron chi connectivity index (χ3n) is 3.71. The first-order valence-electron chi connectivity index (χ1n) is 7.45. The van der Waals surface area contributed by atoms with Crippen molar-refractivity contribution in [2.45, 2.75) is 6.61 Å². The number of fused-ring (bicyclic) bond motifs is 1. The molecule has 26 heavy (non-hydrogen) atoms. The summed E-state index contributed by atoms with van der Waals surface area (Å²) < 4.78 is 30.8. The Hall–Kier alpha value is -3.07. The van der Waals surface area contributed by atoms with Gasteiger partial charge in [-0.05, 0) is 42.5 Å². The molecular weight excluding hydrogens is 364 g/mol. The maximum absolute atomic E-state index is 12.5. The predicted octanol–water partition coefficient (Wildman–Crippen LogP) is 3.45. The van der Waals surface area contributed by atoms with Crippen LogP contribution >= 0.6 is 12.2 Å². The van der Waals surface area contributed by atoms with Gasteiger partial charge in [0.2, 0.25) is 0 Å². The van der Waals surface area contributed by atoms with E-state index in [2.05, 4.69) is 15.0 Å². The first-order chi connectivity index (χ1) is 12.4. The Kier molecular flexibility index (Phi) is 4.81. The molecule has 2 N–H and O–H groups in total. The summed E-state index contributed by atoms with van der Waals surface area (Å²) in [4.78, 5) is 27.5. The number of carbonyl (C=O) groups excluding carboxylic acids is 1. The smallest absolute Gasteiger partial charge is 0.387 e. The minimum atomic E-state index is -3.01. The Balaban J connectivity index is 1.95. The van der Waals surface area contributed by atoms with Gasteiger partial charge in [-0.2, -0.15) is 8.78 Å². The van der Waals surface area contributed by atoms with Crippen molar-refractivity contribution in [2.24, 2.45) is 7.05 Å². The summed E-state index contributed by atoms with van der Waals surface area (Å²) in [6.07, 6.45) is 0. The van der Waals surface area contributed by atoms with Crippen LogP contribution in [0.25, 0.3) is 10.9 Å². The van der Waals surface area contributed by atoms with E-state index in [1.165, 1.54) is 41.0 Å². The molecule has 0 saturated carbocycles. The number of amides is 1. The molecule has 3 rings (SSSR count). The van der Waals surface area contributed by atoms with Gasteiger partial charge in [0.15, 0.2) is 4.77 Å². The molecular formula is C17H13F2N3O3S. The highest BCUT2D eigenvalue weighted by molar-refractivity contribution is 7.71. The maximum Gasteiger partial charge on any atom is 0.387 e. The largest absolute Gasteiger partial charge is 0.433 e. The summed E-state index contributed by atoms with van der Waals surface area (Å²) in [6.45, 7) is -3.01. The molecule has 0 spiro atoms. The maximum atomic E-state index is 12.5. The number of nitrogens with zero attached hydrogens (tertiary/aromatic N) is 1. The Morgan fingerprint density at radius 3 is 2.73 bits per heavy atom. The lowest BCUT2D eigenvalue weighted by Gasteiger charge is -2.12. The van der Waals surface area contributed by atoms with Crippen molar-refractivity contribution >= 4 is 34.7 Å². The summed E-state index contributed by atoms with van der Waals surface area (Å²) in [5.74, 6) is -0.692. The molecule has 134 valence electrons. The molecule has 0 bridgehead atoms. The zero-order valence-corrected chi connectivity index (χ0v) is 14.3. The van der Waals surface area contributed by atoms with E-state index in [1.54, 1.807) is 13.1 Å².